The molecule has 0 saturated heterocycles. The summed E-state index contributed by atoms with van der Waals surface area (Å²) in [5.74, 6) is -0.136. The van der Waals surface area contributed by atoms with Crippen LogP contribution in [0.3, 0.4) is 0 Å². The lowest BCUT2D eigenvalue weighted by Gasteiger charge is -2.14. The Labute approximate surface area is 150 Å². The number of pyridine rings is 1. The molecule has 5 nitrogen and oxygen atoms in total. The zero-order valence-corrected chi connectivity index (χ0v) is 14.6. The van der Waals surface area contributed by atoms with E-state index in [0.717, 1.165) is 22.3 Å². The number of nitrogens with zero attached hydrogens (tertiary/aromatic N) is 2. The summed E-state index contributed by atoms with van der Waals surface area (Å²) in [6.45, 7) is 0. The molecule has 0 aliphatic rings. The predicted octanol–water partition coefficient (Wildman–Crippen LogP) is 3.93. The van der Waals surface area contributed by atoms with E-state index in [1.807, 2.05) is 42.7 Å². The molecule has 0 saturated carbocycles. The molecule has 3 rings (SSSR count). The topological polar surface area (TPSA) is 77.8 Å². The number of hydrogen-bond donors (Lipinski definition) is 2. The second-order valence-electron chi connectivity index (χ2n) is 5.28. The minimum absolute atomic E-state index is 0.136. The SMILES string of the molecule is CNC(=O)c1ccc(Nc2c(C#N)c(SC)nc3ccccc23)cc1. The summed E-state index contributed by atoms with van der Waals surface area (Å²) in [5.41, 5.74) is 3.45. The average molecular weight is 348 g/mol. The van der Waals surface area contributed by atoms with E-state index in [1.54, 1.807) is 19.2 Å². The molecular weight excluding hydrogens is 332 g/mol. The van der Waals surface area contributed by atoms with E-state index >= 15 is 0 Å². The van der Waals surface area contributed by atoms with E-state index in [-0.39, 0.29) is 5.91 Å². The number of nitrogens with one attached hydrogen (secondary N) is 2. The molecule has 0 aliphatic carbocycles. The zero-order valence-electron chi connectivity index (χ0n) is 13.8. The number of amides is 1. The van der Waals surface area contributed by atoms with Crippen LogP contribution in [0.4, 0.5) is 11.4 Å². The number of hydrogen-bond acceptors (Lipinski definition) is 5. The second-order valence-corrected chi connectivity index (χ2v) is 6.08. The van der Waals surface area contributed by atoms with E-state index in [2.05, 4.69) is 21.7 Å². The van der Waals surface area contributed by atoms with Crippen LogP contribution in [0.5, 0.6) is 0 Å². The molecule has 0 atom stereocenters. The second kappa shape index (κ2) is 7.24. The van der Waals surface area contributed by atoms with Gasteiger partial charge in [0.2, 0.25) is 0 Å². The van der Waals surface area contributed by atoms with Crippen LogP contribution < -0.4 is 10.6 Å². The van der Waals surface area contributed by atoms with E-state index in [9.17, 15) is 10.1 Å². The van der Waals surface area contributed by atoms with Crippen molar-refractivity contribution in [3.8, 4) is 6.07 Å². The van der Waals surface area contributed by atoms with Gasteiger partial charge in [-0.2, -0.15) is 5.26 Å². The number of fused-ring (bicyclic) bond motifs is 1. The molecule has 0 bridgehead atoms. The van der Waals surface area contributed by atoms with Crippen molar-refractivity contribution in [2.45, 2.75) is 5.03 Å². The zero-order chi connectivity index (χ0) is 17.8. The van der Waals surface area contributed by atoms with Gasteiger partial charge in [-0.25, -0.2) is 4.98 Å². The molecule has 0 unspecified atom stereocenters. The standard InChI is InChI=1S/C19H16N4OS/c1-21-18(24)12-7-9-13(10-8-12)22-17-14-5-3-4-6-16(14)23-19(25-2)15(17)11-20/h3-10H,1-2H3,(H,21,24)(H,22,23). The van der Waals surface area contributed by atoms with E-state index in [4.69, 9.17) is 0 Å². The average Bonchev–Trinajstić information content (AvgIpc) is 2.67. The first-order chi connectivity index (χ1) is 12.2. The van der Waals surface area contributed by atoms with Gasteiger partial charge in [0, 0.05) is 23.7 Å². The summed E-state index contributed by atoms with van der Waals surface area (Å²) in [7, 11) is 1.60. The van der Waals surface area contributed by atoms with E-state index in [0.29, 0.717) is 16.2 Å². The molecule has 0 aliphatic heterocycles. The summed E-state index contributed by atoms with van der Waals surface area (Å²) in [6.07, 6.45) is 1.90. The Morgan fingerprint density at radius 1 is 1.16 bits per heavy atom. The highest BCUT2D eigenvalue weighted by Gasteiger charge is 2.15. The van der Waals surface area contributed by atoms with Crippen molar-refractivity contribution >= 4 is 39.9 Å². The lowest BCUT2D eigenvalue weighted by atomic mass is 10.1. The highest BCUT2D eigenvalue weighted by Crippen LogP contribution is 2.34. The number of rotatable bonds is 4. The molecular formula is C19H16N4OS. The summed E-state index contributed by atoms with van der Waals surface area (Å²) >= 11 is 1.44. The molecule has 1 aromatic heterocycles. The van der Waals surface area contributed by atoms with Crippen LogP contribution in [-0.4, -0.2) is 24.2 Å². The fourth-order valence-corrected chi connectivity index (χ4v) is 3.11. The number of para-hydroxylation sites is 1. The Morgan fingerprint density at radius 2 is 1.88 bits per heavy atom. The monoisotopic (exact) mass is 348 g/mol. The molecule has 1 heterocycles. The molecule has 3 aromatic rings. The number of benzene rings is 2. The maximum atomic E-state index is 11.7. The maximum Gasteiger partial charge on any atom is 0.251 e. The molecule has 1 amide bonds. The van der Waals surface area contributed by atoms with Crippen molar-refractivity contribution < 1.29 is 4.79 Å². The van der Waals surface area contributed by atoms with Crippen molar-refractivity contribution in [2.24, 2.45) is 0 Å². The molecule has 2 N–H and O–H groups in total. The van der Waals surface area contributed by atoms with Gasteiger partial charge in [0.05, 0.1) is 11.2 Å². The van der Waals surface area contributed by atoms with Gasteiger partial charge >= 0.3 is 0 Å². The van der Waals surface area contributed by atoms with E-state index in [1.165, 1.54) is 11.8 Å². The first-order valence-electron chi connectivity index (χ1n) is 7.64. The number of anilines is 2. The third kappa shape index (κ3) is 3.28. The summed E-state index contributed by atoms with van der Waals surface area (Å²) < 4.78 is 0. The quantitative estimate of drug-likeness (QED) is 0.699. The molecule has 0 spiro atoms. The highest BCUT2D eigenvalue weighted by atomic mass is 32.2. The van der Waals surface area contributed by atoms with Crippen LogP contribution in [0.1, 0.15) is 15.9 Å². The summed E-state index contributed by atoms with van der Waals surface area (Å²) in [6, 6.07) is 17.1. The number of carbonyl (C=O) groups is 1. The Hall–Kier alpha value is -3.04. The van der Waals surface area contributed by atoms with Gasteiger partial charge in [-0.15, -0.1) is 11.8 Å². The minimum Gasteiger partial charge on any atom is -0.355 e. The Bertz CT molecular complexity index is 977. The van der Waals surface area contributed by atoms with Gasteiger partial charge in [0.1, 0.15) is 16.7 Å². The van der Waals surface area contributed by atoms with E-state index < -0.39 is 0 Å². The Kier molecular flexibility index (Phi) is 4.87. The van der Waals surface area contributed by atoms with Gasteiger partial charge in [0.15, 0.2) is 0 Å². The Morgan fingerprint density at radius 3 is 2.52 bits per heavy atom. The minimum atomic E-state index is -0.136. The molecule has 6 heteroatoms. The lowest BCUT2D eigenvalue weighted by Crippen LogP contribution is -2.17. The smallest absolute Gasteiger partial charge is 0.251 e. The van der Waals surface area contributed by atoms with Crippen LogP contribution in [0.15, 0.2) is 53.6 Å². The van der Waals surface area contributed by atoms with Gasteiger partial charge in [-0.3, -0.25) is 4.79 Å². The lowest BCUT2D eigenvalue weighted by molar-refractivity contribution is 0.0963. The molecule has 0 fully saturated rings. The number of nitriles is 1. The number of carbonyl (C=O) groups excluding carboxylic acids is 1. The van der Waals surface area contributed by atoms with Crippen LogP contribution >= 0.6 is 11.8 Å². The molecule has 124 valence electrons. The van der Waals surface area contributed by atoms with Crippen molar-refractivity contribution in [1.82, 2.24) is 10.3 Å². The van der Waals surface area contributed by atoms with Crippen LogP contribution in [0, 0.1) is 11.3 Å². The van der Waals surface area contributed by atoms with Crippen LogP contribution in [0.2, 0.25) is 0 Å². The molecule has 0 radical (unpaired) electrons. The largest absolute Gasteiger partial charge is 0.355 e. The third-order valence-corrected chi connectivity index (χ3v) is 4.49. The fraction of sp³-hybridized carbons (Fsp3) is 0.105. The van der Waals surface area contributed by atoms with Gasteiger partial charge in [0.25, 0.3) is 5.91 Å². The van der Waals surface area contributed by atoms with Crippen molar-refractivity contribution in [3.63, 3.8) is 0 Å². The van der Waals surface area contributed by atoms with Gasteiger partial charge in [-0.1, -0.05) is 18.2 Å². The van der Waals surface area contributed by atoms with Gasteiger partial charge < -0.3 is 10.6 Å². The van der Waals surface area contributed by atoms with Crippen LogP contribution in [-0.2, 0) is 0 Å². The predicted molar refractivity (Wildman–Crippen MR) is 101 cm³/mol. The molecule has 2 aromatic carbocycles. The summed E-state index contributed by atoms with van der Waals surface area (Å²) in [5, 5.41) is 17.1. The third-order valence-electron chi connectivity index (χ3n) is 3.81. The first kappa shape index (κ1) is 16.8. The summed E-state index contributed by atoms with van der Waals surface area (Å²) in [4.78, 5) is 16.2. The maximum absolute atomic E-state index is 11.7. The highest BCUT2D eigenvalue weighted by molar-refractivity contribution is 7.98. The normalized spacial score (nSPS) is 10.3. The van der Waals surface area contributed by atoms with Crippen molar-refractivity contribution in [1.29, 1.82) is 5.26 Å². The number of aromatic nitrogens is 1. The Balaban J connectivity index is 2.09. The fourth-order valence-electron chi connectivity index (χ4n) is 2.56. The number of thioether (sulfide) groups is 1. The van der Waals surface area contributed by atoms with Crippen LogP contribution in [0.25, 0.3) is 10.9 Å². The van der Waals surface area contributed by atoms with Gasteiger partial charge in [-0.05, 0) is 36.6 Å². The van der Waals surface area contributed by atoms with Crippen molar-refractivity contribution in [2.75, 3.05) is 18.6 Å². The van der Waals surface area contributed by atoms with Crippen molar-refractivity contribution in [3.05, 3.63) is 59.7 Å². The first-order valence-corrected chi connectivity index (χ1v) is 8.86. The molecule has 25 heavy (non-hydrogen) atoms.